The van der Waals surface area contributed by atoms with Crippen LogP contribution in [0.25, 0.3) is 0 Å². The molecule has 4 nitrogen and oxygen atoms in total. The molecule has 1 saturated carbocycles. The van der Waals surface area contributed by atoms with Crippen molar-refractivity contribution in [3.05, 3.63) is 53.6 Å². The molecule has 3 rings (SSSR count). The Hall–Kier alpha value is -2.17. The van der Waals surface area contributed by atoms with Gasteiger partial charge < -0.3 is 5.32 Å². The Bertz CT molecular complexity index is 665. The Balaban J connectivity index is 1.65. The van der Waals surface area contributed by atoms with E-state index in [1.54, 1.807) is 16.9 Å². The molecule has 0 saturated heterocycles. The molecule has 2 aromatic rings. The highest BCUT2D eigenvalue weighted by Gasteiger charge is 2.29. The zero-order valence-corrected chi connectivity index (χ0v) is 13.3. The molecule has 122 valence electrons. The maximum Gasteiger partial charge on any atom is 0.269 e. The van der Waals surface area contributed by atoms with Crippen LogP contribution in [0.3, 0.4) is 0 Å². The van der Waals surface area contributed by atoms with Crippen LogP contribution in [0.1, 0.15) is 42.2 Å². The lowest BCUT2D eigenvalue weighted by atomic mass is 9.94. The maximum absolute atomic E-state index is 13.0. The first-order chi connectivity index (χ1) is 11.2. The van der Waals surface area contributed by atoms with Crippen molar-refractivity contribution in [1.29, 1.82) is 0 Å². The van der Waals surface area contributed by atoms with Crippen LogP contribution in [-0.2, 0) is 13.0 Å². The van der Waals surface area contributed by atoms with Gasteiger partial charge in [0.1, 0.15) is 11.5 Å². The van der Waals surface area contributed by atoms with Crippen molar-refractivity contribution >= 4 is 5.91 Å². The van der Waals surface area contributed by atoms with Crippen molar-refractivity contribution in [3.8, 4) is 0 Å². The molecule has 1 aliphatic rings. The predicted octanol–water partition coefficient (Wildman–Crippen LogP) is 3.18. The number of hydrogen-bond donors (Lipinski definition) is 1. The summed E-state index contributed by atoms with van der Waals surface area (Å²) in [5.41, 5.74) is 1.73. The maximum atomic E-state index is 13.0. The summed E-state index contributed by atoms with van der Waals surface area (Å²) < 4.78 is 14.7. The minimum absolute atomic E-state index is 0.0552. The minimum atomic E-state index is -0.210. The van der Waals surface area contributed by atoms with E-state index in [2.05, 4.69) is 10.4 Å². The van der Waals surface area contributed by atoms with E-state index in [9.17, 15) is 9.18 Å². The smallest absolute Gasteiger partial charge is 0.269 e. The summed E-state index contributed by atoms with van der Waals surface area (Å²) in [4.78, 5) is 12.5. The minimum Gasteiger partial charge on any atom is -0.348 e. The summed E-state index contributed by atoms with van der Waals surface area (Å²) in [5, 5.41) is 7.31. The Morgan fingerprint density at radius 3 is 2.83 bits per heavy atom. The van der Waals surface area contributed by atoms with Crippen LogP contribution >= 0.6 is 0 Å². The Labute approximate surface area is 135 Å². The molecule has 1 aliphatic carbocycles. The molecule has 1 amide bonds. The Morgan fingerprint density at radius 1 is 1.30 bits per heavy atom. The van der Waals surface area contributed by atoms with Gasteiger partial charge >= 0.3 is 0 Å². The van der Waals surface area contributed by atoms with Crippen LogP contribution in [0, 0.1) is 11.7 Å². The fourth-order valence-corrected chi connectivity index (χ4v) is 3.41. The van der Waals surface area contributed by atoms with E-state index in [-0.39, 0.29) is 17.8 Å². The van der Waals surface area contributed by atoms with Gasteiger partial charge in [0, 0.05) is 18.8 Å². The van der Waals surface area contributed by atoms with Crippen molar-refractivity contribution in [2.45, 2.75) is 45.2 Å². The molecule has 0 bridgehead atoms. The van der Waals surface area contributed by atoms with Crippen LogP contribution < -0.4 is 5.32 Å². The highest BCUT2D eigenvalue weighted by atomic mass is 19.1. The second-order valence-electron chi connectivity index (χ2n) is 6.13. The Morgan fingerprint density at radius 2 is 2.09 bits per heavy atom. The molecular formula is C18H22FN3O. The number of halogens is 1. The summed E-state index contributed by atoms with van der Waals surface area (Å²) >= 11 is 0. The van der Waals surface area contributed by atoms with Crippen LogP contribution in [0.15, 0.2) is 36.5 Å². The van der Waals surface area contributed by atoms with E-state index in [4.69, 9.17) is 0 Å². The van der Waals surface area contributed by atoms with Gasteiger partial charge in [0.2, 0.25) is 0 Å². The molecule has 2 atom stereocenters. The van der Waals surface area contributed by atoms with Crippen molar-refractivity contribution in [2.24, 2.45) is 5.92 Å². The van der Waals surface area contributed by atoms with Gasteiger partial charge in [-0.2, -0.15) is 5.10 Å². The van der Waals surface area contributed by atoms with E-state index >= 15 is 0 Å². The first-order valence-corrected chi connectivity index (χ1v) is 8.24. The third-order valence-corrected chi connectivity index (χ3v) is 4.64. The second-order valence-corrected chi connectivity index (χ2v) is 6.13. The average molecular weight is 315 g/mol. The van der Waals surface area contributed by atoms with E-state index in [0.717, 1.165) is 31.2 Å². The third kappa shape index (κ3) is 3.60. The summed E-state index contributed by atoms with van der Waals surface area (Å²) in [7, 11) is 0. The van der Waals surface area contributed by atoms with Gasteiger partial charge in [-0.05, 0) is 55.9 Å². The van der Waals surface area contributed by atoms with E-state index < -0.39 is 0 Å². The van der Waals surface area contributed by atoms with Crippen LogP contribution in [-0.4, -0.2) is 21.7 Å². The lowest BCUT2D eigenvalue weighted by Crippen LogP contribution is -2.39. The highest BCUT2D eigenvalue weighted by molar-refractivity contribution is 5.92. The zero-order valence-electron chi connectivity index (χ0n) is 13.3. The summed E-state index contributed by atoms with van der Waals surface area (Å²) in [6.45, 7) is 2.65. The highest BCUT2D eigenvalue weighted by Crippen LogP contribution is 2.29. The molecule has 0 spiro atoms. The Kier molecular flexibility index (Phi) is 4.74. The van der Waals surface area contributed by atoms with Crippen LogP contribution in [0.5, 0.6) is 0 Å². The summed E-state index contributed by atoms with van der Waals surface area (Å²) in [6, 6.07) is 8.59. The number of amides is 1. The number of nitrogens with zero attached hydrogens (tertiary/aromatic N) is 2. The summed E-state index contributed by atoms with van der Waals surface area (Å²) in [6.07, 6.45) is 5.73. The molecule has 1 heterocycles. The van der Waals surface area contributed by atoms with Gasteiger partial charge in [-0.3, -0.25) is 9.48 Å². The van der Waals surface area contributed by atoms with Crippen molar-refractivity contribution in [2.75, 3.05) is 0 Å². The number of rotatable bonds is 5. The number of hydrogen-bond acceptors (Lipinski definition) is 2. The van der Waals surface area contributed by atoms with E-state index in [1.807, 2.05) is 19.1 Å². The van der Waals surface area contributed by atoms with Crippen LogP contribution in [0.4, 0.5) is 4.39 Å². The molecule has 1 N–H and O–H groups in total. The second kappa shape index (κ2) is 6.94. The van der Waals surface area contributed by atoms with Gasteiger partial charge in [0.25, 0.3) is 5.91 Å². The summed E-state index contributed by atoms with van der Waals surface area (Å²) in [5.74, 6) is 0.139. The van der Waals surface area contributed by atoms with Crippen LogP contribution in [0.2, 0.25) is 0 Å². The van der Waals surface area contributed by atoms with E-state index in [1.165, 1.54) is 12.1 Å². The first kappa shape index (κ1) is 15.7. The van der Waals surface area contributed by atoms with Gasteiger partial charge in [-0.15, -0.1) is 0 Å². The number of carbonyl (C=O) groups excluding carboxylic acids is 1. The first-order valence-electron chi connectivity index (χ1n) is 8.24. The standard InChI is InChI=1S/C18H22FN3O/c1-2-22-17(10-11-20-22)18(23)21-16-5-3-4-14(16)12-13-6-8-15(19)9-7-13/h6-11,14,16H,2-5,12H2,1H3,(H,21,23)/t14-,16-/m0/s1. The zero-order chi connectivity index (χ0) is 16.2. The van der Waals surface area contributed by atoms with Crippen molar-refractivity contribution in [3.63, 3.8) is 0 Å². The monoisotopic (exact) mass is 315 g/mol. The van der Waals surface area contributed by atoms with Gasteiger partial charge in [0.05, 0.1) is 0 Å². The SMILES string of the molecule is CCn1nccc1C(=O)N[C@H]1CCC[C@H]1Cc1ccc(F)cc1. The van der Waals surface area contributed by atoms with Gasteiger partial charge in [-0.25, -0.2) is 4.39 Å². The lowest BCUT2D eigenvalue weighted by Gasteiger charge is -2.21. The van der Waals surface area contributed by atoms with Gasteiger partial charge in [0.15, 0.2) is 0 Å². The molecular weight excluding hydrogens is 293 g/mol. The number of carbonyl (C=O) groups is 1. The molecule has 1 aromatic heterocycles. The third-order valence-electron chi connectivity index (χ3n) is 4.64. The number of nitrogens with one attached hydrogen (secondary N) is 1. The molecule has 5 heteroatoms. The number of aromatic nitrogens is 2. The van der Waals surface area contributed by atoms with Crippen molar-refractivity contribution < 1.29 is 9.18 Å². The lowest BCUT2D eigenvalue weighted by molar-refractivity contribution is 0.0917. The molecule has 0 aliphatic heterocycles. The topological polar surface area (TPSA) is 46.9 Å². The molecule has 0 radical (unpaired) electrons. The quantitative estimate of drug-likeness (QED) is 0.921. The van der Waals surface area contributed by atoms with E-state index in [0.29, 0.717) is 18.2 Å². The molecule has 1 fully saturated rings. The fourth-order valence-electron chi connectivity index (χ4n) is 3.41. The predicted molar refractivity (Wildman–Crippen MR) is 86.6 cm³/mol. The van der Waals surface area contributed by atoms with Gasteiger partial charge in [-0.1, -0.05) is 18.6 Å². The number of benzene rings is 1. The van der Waals surface area contributed by atoms with Crippen molar-refractivity contribution in [1.82, 2.24) is 15.1 Å². The molecule has 23 heavy (non-hydrogen) atoms. The largest absolute Gasteiger partial charge is 0.348 e. The average Bonchev–Trinajstić information content (AvgIpc) is 3.19. The fraction of sp³-hybridized carbons (Fsp3) is 0.444. The normalized spacial score (nSPS) is 20.6. The number of aryl methyl sites for hydroxylation is 1. The molecule has 1 aromatic carbocycles. The molecule has 0 unspecified atom stereocenters.